The maximum atomic E-state index is 12.1. The van der Waals surface area contributed by atoms with Gasteiger partial charge in [0.25, 0.3) is 6.43 Å². The molecule has 1 aliphatic rings. The topological polar surface area (TPSA) is 50.4 Å². The van der Waals surface area contributed by atoms with Gasteiger partial charge in [0, 0.05) is 13.0 Å². The van der Waals surface area contributed by atoms with E-state index in [1.807, 2.05) is 6.07 Å². The van der Waals surface area contributed by atoms with Gasteiger partial charge in [-0.05, 0) is 49.5 Å². The van der Waals surface area contributed by atoms with Crippen LogP contribution in [0.1, 0.15) is 24.8 Å². The first kappa shape index (κ1) is 19.6. The second kappa shape index (κ2) is 10.4. The molecular formula is C16H23ClF2N2O2. The first-order valence-corrected chi connectivity index (χ1v) is 7.61. The van der Waals surface area contributed by atoms with Crippen LogP contribution in [0.2, 0.25) is 0 Å². The zero-order valence-electron chi connectivity index (χ0n) is 12.9. The van der Waals surface area contributed by atoms with Crippen molar-refractivity contribution in [2.75, 3.05) is 19.7 Å². The molecule has 1 atom stereocenters. The lowest BCUT2D eigenvalue weighted by Crippen LogP contribution is -2.23. The quantitative estimate of drug-likeness (QED) is 0.759. The smallest absolute Gasteiger partial charge is 0.272 e. The van der Waals surface area contributed by atoms with Gasteiger partial charge in [-0.2, -0.15) is 0 Å². The monoisotopic (exact) mass is 348 g/mol. The predicted octanol–water partition coefficient (Wildman–Crippen LogP) is 2.76. The van der Waals surface area contributed by atoms with Crippen LogP contribution in [-0.4, -0.2) is 32.0 Å². The Morgan fingerprint density at radius 3 is 2.96 bits per heavy atom. The molecule has 1 unspecified atom stereocenters. The van der Waals surface area contributed by atoms with E-state index < -0.39 is 13.0 Å². The minimum absolute atomic E-state index is 0. The second-order valence-electron chi connectivity index (χ2n) is 5.52. The lowest BCUT2D eigenvalue weighted by molar-refractivity contribution is -0.121. The van der Waals surface area contributed by atoms with Gasteiger partial charge >= 0.3 is 0 Å². The molecular weight excluding hydrogens is 326 g/mol. The Bertz CT molecular complexity index is 483. The third-order valence-electron chi connectivity index (χ3n) is 3.71. The van der Waals surface area contributed by atoms with E-state index in [0.717, 1.165) is 31.5 Å². The number of halogens is 3. The first-order chi connectivity index (χ1) is 10.6. The van der Waals surface area contributed by atoms with Crippen molar-refractivity contribution in [3.8, 4) is 5.75 Å². The minimum atomic E-state index is -2.49. The van der Waals surface area contributed by atoms with Gasteiger partial charge in [0.2, 0.25) is 5.91 Å². The van der Waals surface area contributed by atoms with Crippen molar-refractivity contribution in [2.45, 2.75) is 32.2 Å². The summed E-state index contributed by atoms with van der Waals surface area (Å²) in [4.78, 5) is 11.8. The molecule has 1 aromatic carbocycles. The fourth-order valence-corrected chi connectivity index (χ4v) is 2.49. The van der Waals surface area contributed by atoms with Gasteiger partial charge in [-0.25, -0.2) is 8.78 Å². The minimum Gasteiger partial charge on any atom is -0.488 e. The van der Waals surface area contributed by atoms with Crippen LogP contribution in [0, 0.1) is 5.92 Å². The highest BCUT2D eigenvalue weighted by Gasteiger charge is 2.15. The molecule has 0 radical (unpaired) electrons. The summed E-state index contributed by atoms with van der Waals surface area (Å²) >= 11 is 0. The Morgan fingerprint density at radius 1 is 1.43 bits per heavy atom. The molecule has 2 rings (SSSR count). The Labute approximate surface area is 141 Å². The normalized spacial score (nSPS) is 16.9. The molecule has 0 saturated carbocycles. The first-order valence-electron chi connectivity index (χ1n) is 7.61. The SMILES string of the molecule is Cl.O=C(CCC1CCNC1)NCc1cccc(OCC(F)F)c1. The Kier molecular flexibility index (Phi) is 8.87. The number of ether oxygens (including phenoxy) is 1. The van der Waals surface area contributed by atoms with Crippen molar-refractivity contribution < 1.29 is 18.3 Å². The molecule has 23 heavy (non-hydrogen) atoms. The van der Waals surface area contributed by atoms with Crippen LogP contribution in [0.4, 0.5) is 8.78 Å². The number of carbonyl (C=O) groups excluding carboxylic acids is 1. The fraction of sp³-hybridized carbons (Fsp3) is 0.562. The maximum absolute atomic E-state index is 12.1. The number of alkyl halides is 2. The van der Waals surface area contributed by atoms with Crippen LogP contribution < -0.4 is 15.4 Å². The molecule has 0 spiro atoms. The van der Waals surface area contributed by atoms with E-state index in [0.29, 0.717) is 24.6 Å². The summed E-state index contributed by atoms with van der Waals surface area (Å²) < 4.78 is 29.2. The zero-order chi connectivity index (χ0) is 15.8. The van der Waals surface area contributed by atoms with Crippen molar-refractivity contribution >= 4 is 18.3 Å². The van der Waals surface area contributed by atoms with E-state index >= 15 is 0 Å². The highest BCUT2D eigenvalue weighted by molar-refractivity contribution is 5.85. The van der Waals surface area contributed by atoms with Crippen LogP contribution in [0.3, 0.4) is 0 Å². The Hall–Kier alpha value is -1.40. The van der Waals surface area contributed by atoms with Crippen LogP contribution in [0.25, 0.3) is 0 Å². The lowest BCUT2D eigenvalue weighted by Gasteiger charge is -2.10. The van der Waals surface area contributed by atoms with Crippen LogP contribution in [0.15, 0.2) is 24.3 Å². The highest BCUT2D eigenvalue weighted by atomic mass is 35.5. The van der Waals surface area contributed by atoms with E-state index in [-0.39, 0.29) is 18.3 Å². The molecule has 2 N–H and O–H groups in total. The number of benzene rings is 1. The summed E-state index contributed by atoms with van der Waals surface area (Å²) in [7, 11) is 0. The Balaban J connectivity index is 0.00000264. The summed E-state index contributed by atoms with van der Waals surface area (Å²) in [6.07, 6.45) is 0.0645. The fourth-order valence-electron chi connectivity index (χ4n) is 2.49. The molecule has 4 nitrogen and oxygen atoms in total. The molecule has 0 aromatic heterocycles. The summed E-state index contributed by atoms with van der Waals surface area (Å²) in [5.74, 6) is 1.01. The highest BCUT2D eigenvalue weighted by Crippen LogP contribution is 2.15. The number of hydrogen-bond donors (Lipinski definition) is 2. The number of amides is 1. The van der Waals surface area contributed by atoms with Crippen LogP contribution in [0.5, 0.6) is 5.75 Å². The summed E-state index contributed by atoms with van der Waals surface area (Å²) in [6.45, 7) is 1.80. The van der Waals surface area contributed by atoms with Crippen molar-refractivity contribution in [3.63, 3.8) is 0 Å². The summed E-state index contributed by atoms with van der Waals surface area (Å²) in [5.41, 5.74) is 0.836. The van der Waals surface area contributed by atoms with E-state index in [2.05, 4.69) is 10.6 Å². The van der Waals surface area contributed by atoms with E-state index in [1.165, 1.54) is 0 Å². The summed E-state index contributed by atoms with van der Waals surface area (Å²) in [5, 5.41) is 6.13. The van der Waals surface area contributed by atoms with Crippen molar-refractivity contribution in [3.05, 3.63) is 29.8 Å². The van der Waals surface area contributed by atoms with Crippen molar-refractivity contribution in [1.82, 2.24) is 10.6 Å². The average molecular weight is 349 g/mol. The summed E-state index contributed by atoms with van der Waals surface area (Å²) in [6, 6.07) is 6.85. The molecule has 0 aliphatic carbocycles. The molecule has 1 saturated heterocycles. The Morgan fingerprint density at radius 2 is 2.26 bits per heavy atom. The zero-order valence-corrected chi connectivity index (χ0v) is 13.7. The van der Waals surface area contributed by atoms with Crippen molar-refractivity contribution in [2.24, 2.45) is 5.92 Å². The predicted molar refractivity (Wildman–Crippen MR) is 87.2 cm³/mol. The molecule has 1 heterocycles. The van der Waals surface area contributed by atoms with Crippen LogP contribution >= 0.6 is 12.4 Å². The average Bonchev–Trinajstić information content (AvgIpc) is 3.03. The molecule has 1 amide bonds. The maximum Gasteiger partial charge on any atom is 0.272 e. The van der Waals surface area contributed by atoms with Gasteiger partial charge in [0.1, 0.15) is 12.4 Å². The van der Waals surface area contributed by atoms with Gasteiger partial charge in [-0.15, -0.1) is 12.4 Å². The molecule has 1 aromatic rings. The van der Waals surface area contributed by atoms with Gasteiger partial charge in [0.05, 0.1) is 0 Å². The number of rotatable bonds is 8. The van der Waals surface area contributed by atoms with E-state index in [1.54, 1.807) is 18.2 Å². The number of hydrogen-bond acceptors (Lipinski definition) is 3. The van der Waals surface area contributed by atoms with Gasteiger partial charge < -0.3 is 15.4 Å². The molecule has 1 fully saturated rings. The van der Waals surface area contributed by atoms with E-state index in [4.69, 9.17) is 4.74 Å². The van der Waals surface area contributed by atoms with Crippen molar-refractivity contribution in [1.29, 1.82) is 0 Å². The number of carbonyl (C=O) groups is 1. The van der Waals surface area contributed by atoms with Crippen LogP contribution in [-0.2, 0) is 11.3 Å². The number of nitrogens with one attached hydrogen (secondary N) is 2. The third-order valence-corrected chi connectivity index (χ3v) is 3.71. The van der Waals surface area contributed by atoms with Gasteiger partial charge in [-0.3, -0.25) is 4.79 Å². The second-order valence-corrected chi connectivity index (χ2v) is 5.52. The van der Waals surface area contributed by atoms with Gasteiger partial charge in [0.15, 0.2) is 0 Å². The lowest BCUT2D eigenvalue weighted by atomic mass is 10.0. The van der Waals surface area contributed by atoms with E-state index in [9.17, 15) is 13.6 Å². The van der Waals surface area contributed by atoms with Gasteiger partial charge in [-0.1, -0.05) is 12.1 Å². The molecule has 130 valence electrons. The molecule has 7 heteroatoms. The molecule has 1 aliphatic heterocycles. The molecule has 0 bridgehead atoms. The third kappa shape index (κ3) is 7.61. The standard InChI is InChI=1S/C16H22F2N2O2.ClH/c17-15(18)11-22-14-3-1-2-13(8-14)10-20-16(21)5-4-12-6-7-19-9-12;/h1-3,8,12,15,19H,4-7,9-11H2,(H,20,21);1H. The largest absolute Gasteiger partial charge is 0.488 e.